The molecule has 0 bridgehead atoms. The third-order valence-electron chi connectivity index (χ3n) is 4.51. The average Bonchev–Trinajstić information content (AvgIpc) is 2.84. The van der Waals surface area contributed by atoms with Crippen molar-refractivity contribution in [2.45, 2.75) is 46.1 Å². The van der Waals surface area contributed by atoms with Crippen molar-refractivity contribution in [1.29, 1.82) is 0 Å². The fourth-order valence-corrected chi connectivity index (χ4v) is 2.82. The highest BCUT2D eigenvalue weighted by Gasteiger charge is 2.35. The number of aliphatic hydroxyl groups excluding tert-OH is 1. The summed E-state index contributed by atoms with van der Waals surface area (Å²) in [7, 11) is 0. The molecule has 1 aliphatic rings. The molecule has 1 unspecified atom stereocenters. The van der Waals surface area contributed by atoms with Crippen LogP contribution < -0.4 is 4.90 Å². The lowest BCUT2D eigenvalue weighted by atomic mass is 9.82. The maximum absolute atomic E-state index is 9.64. The van der Waals surface area contributed by atoms with Crippen LogP contribution in [-0.2, 0) is 0 Å². The predicted molar refractivity (Wildman–Crippen MR) is 74.7 cm³/mol. The third-order valence-corrected chi connectivity index (χ3v) is 4.51. The number of anilines is 1. The first-order valence-electron chi connectivity index (χ1n) is 6.99. The van der Waals surface area contributed by atoms with E-state index in [2.05, 4.69) is 23.7 Å². The van der Waals surface area contributed by atoms with Gasteiger partial charge in [0.05, 0.1) is 6.10 Å². The first-order chi connectivity index (χ1) is 8.60. The summed E-state index contributed by atoms with van der Waals surface area (Å²) in [6.45, 7) is 8.54. The topological polar surface area (TPSA) is 36.4 Å². The zero-order valence-corrected chi connectivity index (χ0v) is 11.7. The lowest BCUT2D eigenvalue weighted by Gasteiger charge is -2.27. The molecular formula is C15H24N2O. The van der Waals surface area contributed by atoms with Gasteiger partial charge < -0.3 is 10.0 Å². The van der Waals surface area contributed by atoms with Gasteiger partial charge in [-0.2, -0.15) is 0 Å². The van der Waals surface area contributed by atoms with Gasteiger partial charge in [-0.1, -0.05) is 13.8 Å². The first kappa shape index (κ1) is 13.3. The molecule has 0 aliphatic carbocycles. The van der Waals surface area contributed by atoms with Crippen molar-refractivity contribution in [1.82, 2.24) is 4.98 Å². The zero-order valence-electron chi connectivity index (χ0n) is 11.7. The third kappa shape index (κ3) is 2.51. The van der Waals surface area contributed by atoms with Gasteiger partial charge in [-0.15, -0.1) is 0 Å². The van der Waals surface area contributed by atoms with Crippen molar-refractivity contribution in [3.05, 3.63) is 23.9 Å². The summed E-state index contributed by atoms with van der Waals surface area (Å²) < 4.78 is 0. The molecule has 1 aliphatic heterocycles. The highest BCUT2D eigenvalue weighted by Crippen LogP contribution is 2.38. The Balaban J connectivity index is 2.16. The van der Waals surface area contributed by atoms with Crippen LogP contribution in [0, 0.1) is 5.41 Å². The van der Waals surface area contributed by atoms with E-state index in [1.165, 1.54) is 19.3 Å². The fraction of sp³-hybridized carbons (Fsp3) is 0.667. The average molecular weight is 248 g/mol. The molecule has 1 aromatic heterocycles. The quantitative estimate of drug-likeness (QED) is 0.889. The van der Waals surface area contributed by atoms with Crippen LogP contribution in [0.5, 0.6) is 0 Å². The summed E-state index contributed by atoms with van der Waals surface area (Å²) in [6, 6.07) is 3.91. The number of nitrogens with zero attached hydrogens (tertiary/aromatic N) is 2. The smallest absolute Gasteiger partial charge is 0.128 e. The largest absolute Gasteiger partial charge is 0.389 e. The van der Waals surface area contributed by atoms with Crippen molar-refractivity contribution >= 4 is 5.82 Å². The maximum atomic E-state index is 9.64. The van der Waals surface area contributed by atoms with Gasteiger partial charge in [0.25, 0.3) is 0 Å². The van der Waals surface area contributed by atoms with E-state index in [-0.39, 0.29) is 0 Å². The molecule has 1 saturated heterocycles. The van der Waals surface area contributed by atoms with Crippen LogP contribution in [0.2, 0.25) is 0 Å². The van der Waals surface area contributed by atoms with Gasteiger partial charge >= 0.3 is 0 Å². The number of aromatic nitrogens is 1. The van der Waals surface area contributed by atoms with E-state index >= 15 is 0 Å². The Bertz CT molecular complexity index is 399. The molecule has 1 aromatic rings. The second-order valence-electron chi connectivity index (χ2n) is 5.50. The minimum absolute atomic E-state index is 0.420. The number of rotatable bonds is 4. The highest BCUT2D eigenvalue weighted by molar-refractivity contribution is 5.43. The maximum Gasteiger partial charge on any atom is 0.128 e. The normalized spacial score (nSPS) is 20.1. The summed E-state index contributed by atoms with van der Waals surface area (Å²) in [5.74, 6) is 1.01. The molecule has 0 saturated carbocycles. The molecule has 1 N–H and O–H groups in total. The van der Waals surface area contributed by atoms with Crippen molar-refractivity contribution in [2.75, 3.05) is 18.0 Å². The van der Waals surface area contributed by atoms with Gasteiger partial charge in [0, 0.05) is 19.3 Å². The summed E-state index contributed by atoms with van der Waals surface area (Å²) >= 11 is 0. The van der Waals surface area contributed by atoms with Gasteiger partial charge in [-0.05, 0) is 49.3 Å². The van der Waals surface area contributed by atoms with Crippen LogP contribution in [-0.4, -0.2) is 23.2 Å². The Hall–Kier alpha value is -1.09. The zero-order chi connectivity index (χ0) is 13.2. The van der Waals surface area contributed by atoms with E-state index in [1.807, 2.05) is 12.1 Å². The van der Waals surface area contributed by atoms with E-state index < -0.39 is 6.10 Å². The predicted octanol–water partition coefficient (Wildman–Crippen LogP) is 3.15. The molecule has 0 spiro atoms. The van der Waals surface area contributed by atoms with Crippen LogP contribution in [0.1, 0.15) is 51.7 Å². The van der Waals surface area contributed by atoms with Crippen molar-refractivity contribution in [3.8, 4) is 0 Å². The number of aliphatic hydroxyl groups is 1. The van der Waals surface area contributed by atoms with Gasteiger partial charge in [-0.25, -0.2) is 4.98 Å². The minimum atomic E-state index is -0.420. The van der Waals surface area contributed by atoms with E-state index in [1.54, 1.807) is 13.1 Å². The van der Waals surface area contributed by atoms with Crippen LogP contribution in [0.15, 0.2) is 18.3 Å². The Kier molecular flexibility index (Phi) is 3.91. The second-order valence-corrected chi connectivity index (χ2v) is 5.50. The van der Waals surface area contributed by atoms with Crippen LogP contribution in [0.4, 0.5) is 5.82 Å². The van der Waals surface area contributed by atoms with E-state index in [4.69, 9.17) is 0 Å². The molecule has 3 nitrogen and oxygen atoms in total. The molecular weight excluding hydrogens is 224 g/mol. The van der Waals surface area contributed by atoms with Crippen LogP contribution >= 0.6 is 0 Å². The molecule has 2 heterocycles. The molecule has 3 heteroatoms. The molecule has 1 fully saturated rings. The molecule has 0 radical (unpaired) electrons. The van der Waals surface area contributed by atoms with Gasteiger partial charge in [0.2, 0.25) is 0 Å². The van der Waals surface area contributed by atoms with Gasteiger partial charge in [0.1, 0.15) is 5.82 Å². The summed E-state index contributed by atoms with van der Waals surface area (Å²) in [6.07, 6.45) is 5.10. The van der Waals surface area contributed by atoms with Crippen molar-refractivity contribution in [3.63, 3.8) is 0 Å². The Labute approximate surface area is 110 Å². The number of pyridine rings is 1. The fourth-order valence-electron chi connectivity index (χ4n) is 2.82. The summed E-state index contributed by atoms with van der Waals surface area (Å²) in [5.41, 5.74) is 1.41. The molecule has 2 rings (SSSR count). The monoisotopic (exact) mass is 248 g/mol. The summed E-state index contributed by atoms with van der Waals surface area (Å²) in [5, 5.41) is 9.64. The lowest BCUT2D eigenvalue weighted by molar-refractivity contribution is 0.199. The lowest BCUT2D eigenvalue weighted by Crippen LogP contribution is -2.26. The highest BCUT2D eigenvalue weighted by atomic mass is 16.3. The molecule has 100 valence electrons. The Morgan fingerprint density at radius 2 is 2.17 bits per heavy atom. The SMILES string of the molecule is CCC1(CC)CCN(c2cc(C(C)O)ccn2)C1. The molecule has 1 atom stereocenters. The number of hydrogen-bond acceptors (Lipinski definition) is 3. The standard InChI is InChI=1S/C15H24N2O/c1-4-15(5-2)7-9-17(11-15)14-10-13(12(3)18)6-8-16-14/h6,8,10,12,18H,4-5,7,9,11H2,1-3H3. The number of hydrogen-bond donors (Lipinski definition) is 1. The first-order valence-corrected chi connectivity index (χ1v) is 6.99. The van der Waals surface area contributed by atoms with Crippen LogP contribution in [0.25, 0.3) is 0 Å². The van der Waals surface area contributed by atoms with E-state index in [0.29, 0.717) is 5.41 Å². The van der Waals surface area contributed by atoms with Gasteiger partial charge in [0.15, 0.2) is 0 Å². The summed E-state index contributed by atoms with van der Waals surface area (Å²) in [4.78, 5) is 6.81. The van der Waals surface area contributed by atoms with E-state index in [0.717, 1.165) is 24.5 Å². The Morgan fingerprint density at radius 3 is 2.72 bits per heavy atom. The van der Waals surface area contributed by atoms with Gasteiger partial charge in [-0.3, -0.25) is 0 Å². The molecule has 18 heavy (non-hydrogen) atoms. The van der Waals surface area contributed by atoms with Crippen molar-refractivity contribution < 1.29 is 5.11 Å². The molecule has 0 amide bonds. The Morgan fingerprint density at radius 1 is 1.44 bits per heavy atom. The van der Waals surface area contributed by atoms with E-state index in [9.17, 15) is 5.11 Å². The second kappa shape index (κ2) is 5.27. The van der Waals surface area contributed by atoms with Crippen LogP contribution in [0.3, 0.4) is 0 Å². The minimum Gasteiger partial charge on any atom is -0.389 e. The molecule has 0 aromatic carbocycles. The van der Waals surface area contributed by atoms with Crippen molar-refractivity contribution in [2.24, 2.45) is 5.41 Å².